The van der Waals surface area contributed by atoms with Crippen LogP contribution in [0.3, 0.4) is 0 Å². The summed E-state index contributed by atoms with van der Waals surface area (Å²) in [5.41, 5.74) is 3.77. The highest BCUT2D eigenvalue weighted by Gasteiger charge is 2.19. The van der Waals surface area contributed by atoms with Crippen molar-refractivity contribution in [1.29, 1.82) is 0 Å². The highest BCUT2D eigenvalue weighted by molar-refractivity contribution is 5.95. The molecule has 0 fully saturated rings. The van der Waals surface area contributed by atoms with Crippen molar-refractivity contribution in [2.45, 2.75) is 20.3 Å². The Kier molecular flexibility index (Phi) is 5.41. The third kappa shape index (κ3) is 3.96. The number of rotatable bonds is 6. The SMILES string of the molecule is Cc1nn(C)c(C)c1CCNC(=O)c1ccc(N(C)C)c([N+](=O)[O-])c1. The molecule has 0 unspecified atom stereocenters. The summed E-state index contributed by atoms with van der Waals surface area (Å²) in [5, 5.41) is 18.4. The lowest BCUT2D eigenvalue weighted by Crippen LogP contribution is -2.26. The molecule has 0 aliphatic heterocycles. The van der Waals surface area contributed by atoms with E-state index in [4.69, 9.17) is 0 Å². The van der Waals surface area contributed by atoms with Crippen LogP contribution in [0.2, 0.25) is 0 Å². The van der Waals surface area contributed by atoms with Gasteiger partial charge in [0.15, 0.2) is 0 Å². The Morgan fingerprint density at radius 2 is 2.04 bits per heavy atom. The van der Waals surface area contributed by atoms with E-state index in [1.165, 1.54) is 6.07 Å². The molecule has 0 aliphatic rings. The molecule has 0 radical (unpaired) electrons. The van der Waals surface area contributed by atoms with E-state index in [-0.39, 0.29) is 17.2 Å². The van der Waals surface area contributed by atoms with Crippen LogP contribution in [0.1, 0.15) is 27.3 Å². The molecular formula is C17H23N5O3. The average molecular weight is 345 g/mol. The maximum atomic E-state index is 12.3. The van der Waals surface area contributed by atoms with Crippen molar-refractivity contribution in [3.05, 3.63) is 50.8 Å². The molecule has 1 aromatic carbocycles. The van der Waals surface area contributed by atoms with Gasteiger partial charge in [-0.05, 0) is 38.0 Å². The van der Waals surface area contributed by atoms with Gasteiger partial charge in [-0.2, -0.15) is 5.10 Å². The first-order chi connectivity index (χ1) is 11.7. The van der Waals surface area contributed by atoms with Crippen LogP contribution in [0.15, 0.2) is 18.2 Å². The van der Waals surface area contributed by atoms with Gasteiger partial charge in [0.2, 0.25) is 0 Å². The van der Waals surface area contributed by atoms with E-state index >= 15 is 0 Å². The molecule has 0 saturated carbocycles. The summed E-state index contributed by atoms with van der Waals surface area (Å²) >= 11 is 0. The van der Waals surface area contributed by atoms with Gasteiger partial charge in [-0.3, -0.25) is 19.6 Å². The molecule has 1 amide bonds. The number of anilines is 1. The number of carbonyl (C=O) groups is 1. The van der Waals surface area contributed by atoms with Crippen LogP contribution < -0.4 is 10.2 Å². The highest BCUT2D eigenvalue weighted by atomic mass is 16.6. The molecule has 0 bridgehead atoms. The van der Waals surface area contributed by atoms with E-state index in [1.54, 1.807) is 31.1 Å². The topological polar surface area (TPSA) is 93.3 Å². The van der Waals surface area contributed by atoms with Gasteiger partial charge in [-0.1, -0.05) is 0 Å². The summed E-state index contributed by atoms with van der Waals surface area (Å²) in [6, 6.07) is 4.49. The van der Waals surface area contributed by atoms with Crippen molar-refractivity contribution in [2.75, 3.05) is 25.5 Å². The number of carbonyl (C=O) groups excluding carboxylic acids is 1. The second kappa shape index (κ2) is 7.33. The number of nitro benzene ring substituents is 1. The summed E-state index contributed by atoms with van der Waals surface area (Å²) < 4.78 is 1.82. The Bertz CT molecular complexity index is 811. The minimum Gasteiger partial charge on any atom is -0.372 e. The zero-order valence-electron chi connectivity index (χ0n) is 15.2. The first kappa shape index (κ1) is 18.4. The van der Waals surface area contributed by atoms with E-state index in [9.17, 15) is 14.9 Å². The van der Waals surface area contributed by atoms with Crippen molar-refractivity contribution in [3.8, 4) is 0 Å². The van der Waals surface area contributed by atoms with Gasteiger partial charge in [0.25, 0.3) is 11.6 Å². The second-order valence-corrected chi connectivity index (χ2v) is 6.13. The standard InChI is InChI=1S/C17H23N5O3/c1-11-14(12(2)21(5)19-11)8-9-18-17(23)13-6-7-15(20(3)4)16(10-13)22(24)25/h6-7,10H,8-9H2,1-5H3,(H,18,23). The van der Waals surface area contributed by atoms with E-state index < -0.39 is 4.92 Å². The fourth-order valence-corrected chi connectivity index (χ4v) is 2.77. The fourth-order valence-electron chi connectivity index (χ4n) is 2.77. The number of hydrogen-bond donors (Lipinski definition) is 1. The van der Waals surface area contributed by atoms with Crippen LogP contribution >= 0.6 is 0 Å². The van der Waals surface area contributed by atoms with Gasteiger partial charge in [0.1, 0.15) is 5.69 Å². The summed E-state index contributed by atoms with van der Waals surface area (Å²) in [4.78, 5) is 24.7. The first-order valence-corrected chi connectivity index (χ1v) is 7.95. The zero-order chi connectivity index (χ0) is 18.7. The predicted octanol–water partition coefficient (Wildman–Crippen LogP) is 1.98. The Balaban J connectivity index is 2.08. The maximum absolute atomic E-state index is 12.3. The van der Waals surface area contributed by atoms with Crippen molar-refractivity contribution < 1.29 is 9.72 Å². The number of hydrogen-bond acceptors (Lipinski definition) is 5. The van der Waals surface area contributed by atoms with Gasteiger partial charge in [0, 0.05) is 45.0 Å². The molecule has 0 atom stereocenters. The summed E-state index contributed by atoms with van der Waals surface area (Å²) in [6.45, 7) is 4.36. The zero-order valence-corrected chi connectivity index (χ0v) is 15.2. The average Bonchev–Trinajstić information content (AvgIpc) is 2.80. The van der Waals surface area contributed by atoms with Gasteiger partial charge in [-0.15, -0.1) is 0 Å². The molecule has 0 aliphatic carbocycles. The molecule has 2 aromatic rings. The highest BCUT2D eigenvalue weighted by Crippen LogP contribution is 2.27. The van der Waals surface area contributed by atoms with E-state index in [0.717, 1.165) is 17.0 Å². The van der Waals surface area contributed by atoms with Crippen LogP contribution in [-0.2, 0) is 13.5 Å². The fraction of sp³-hybridized carbons (Fsp3) is 0.412. The van der Waals surface area contributed by atoms with Crippen molar-refractivity contribution in [1.82, 2.24) is 15.1 Å². The maximum Gasteiger partial charge on any atom is 0.293 e. The third-order valence-electron chi connectivity index (χ3n) is 4.24. The Morgan fingerprint density at radius 1 is 1.36 bits per heavy atom. The monoisotopic (exact) mass is 345 g/mol. The largest absolute Gasteiger partial charge is 0.372 e. The molecule has 1 N–H and O–H groups in total. The molecular weight excluding hydrogens is 322 g/mol. The number of nitrogens with one attached hydrogen (secondary N) is 1. The number of aryl methyl sites for hydroxylation is 2. The number of aromatic nitrogens is 2. The molecule has 8 nitrogen and oxygen atoms in total. The van der Waals surface area contributed by atoms with Crippen LogP contribution in [-0.4, -0.2) is 41.3 Å². The lowest BCUT2D eigenvalue weighted by molar-refractivity contribution is -0.384. The Hall–Kier alpha value is -2.90. The van der Waals surface area contributed by atoms with Crippen molar-refractivity contribution >= 4 is 17.3 Å². The van der Waals surface area contributed by atoms with E-state index in [1.807, 2.05) is 25.6 Å². The van der Waals surface area contributed by atoms with Crippen molar-refractivity contribution in [3.63, 3.8) is 0 Å². The molecule has 8 heteroatoms. The lowest BCUT2D eigenvalue weighted by Gasteiger charge is -2.13. The quantitative estimate of drug-likeness (QED) is 0.638. The lowest BCUT2D eigenvalue weighted by atomic mass is 10.1. The summed E-state index contributed by atoms with van der Waals surface area (Å²) in [5.74, 6) is -0.326. The molecule has 1 aromatic heterocycles. The molecule has 134 valence electrons. The van der Waals surface area contributed by atoms with E-state index in [0.29, 0.717) is 18.7 Å². The van der Waals surface area contributed by atoms with Gasteiger partial charge >= 0.3 is 0 Å². The normalized spacial score (nSPS) is 10.6. The minimum absolute atomic E-state index is 0.0865. The van der Waals surface area contributed by atoms with Crippen LogP contribution in [0, 0.1) is 24.0 Å². The third-order valence-corrected chi connectivity index (χ3v) is 4.24. The number of nitrogens with zero attached hydrogens (tertiary/aromatic N) is 4. The Labute approximate surface area is 146 Å². The number of amides is 1. The molecule has 25 heavy (non-hydrogen) atoms. The van der Waals surface area contributed by atoms with Gasteiger partial charge in [0.05, 0.1) is 10.6 Å². The van der Waals surface area contributed by atoms with Crippen LogP contribution in [0.5, 0.6) is 0 Å². The number of benzene rings is 1. The molecule has 2 rings (SSSR count). The van der Waals surface area contributed by atoms with E-state index in [2.05, 4.69) is 10.4 Å². The van der Waals surface area contributed by atoms with Crippen LogP contribution in [0.25, 0.3) is 0 Å². The predicted molar refractivity (Wildman–Crippen MR) is 96.1 cm³/mol. The summed E-state index contributed by atoms with van der Waals surface area (Å²) in [6.07, 6.45) is 0.662. The second-order valence-electron chi connectivity index (χ2n) is 6.13. The molecule has 0 saturated heterocycles. The summed E-state index contributed by atoms with van der Waals surface area (Å²) in [7, 11) is 5.33. The van der Waals surface area contributed by atoms with Crippen LogP contribution in [0.4, 0.5) is 11.4 Å². The molecule has 1 heterocycles. The van der Waals surface area contributed by atoms with Crippen molar-refractivity contribution in [2.24, 2.45) is 7.05 Å². The Morgan fingerprint density at radius 3 is 2.56 bits per heavy atom. The number of nitro groups is 1. The smallest absolute Gasteiger partial charge is 0.293 e. The van der Waals surface area contributed by atoms with Gasteiger partial charge < -0.3 is 10.2 Å². The first-order valence-electron chi connectivity index (χ1n) is 7.95. The molecule has 0 spiro atoms. The van der Waals surface area contributed by atoms with Gasteiger partial charge in [-0.25, -0.2) is 0 Å². The minimum atomic E-state index is -0.478.